The van der Waals surface area contributed by atoms with Gasteiger partial charge in [0, 0.05) is 9.79 Å². The Morgan fingerprint density at radius 1 is 0.486 bits per heavy atom. The van der Waals surface area contributed by atoms with Crippen molar-refractivity contribution in [3.8, 4) is 0 Å². The fourth-order valence-corrected chi connectivity index (χ4v) is 9.17. The van der Waals surface area contributed by atoms with Gasteiger partial charge in [0.2, 0.25) is 0 Å². The molecule has 6 aromatic rings. The van der Waals surface area contributed by atoms with Crippen molar-refractivity contribution in [2.24, 2.45) is 0 Å². The van der Waals surface area contributed by atoms with Gasteiger partial charge in [-0.3, -0.25) is 0 Å². The van der Waals surface area contributed by atoms with Crippen LogP contribution in [-0.4, -0.2) is 28.9 Å². The van der Waals surface area contributed by atoms with Crippen LogP contribution in [0.25, 0.3) is 20.9 Å². The van der Waals surface area contributed by atoms with Gasteiger partial charge in [0.15, 0.2) is 0 Å². The topological polar surface area (TPSA) is 144 Å². The van der Waals surface area contributed by atoms with Crippen molar-refractivity contribution < 1.29 is 51.5 Å². The number of hydrogen-bond acceptors (Lipinski definition) is 4. The Hall–Kier alpha value is -3.11. The maximum absolute atomic E-state index is 12.8. The molecule has 7 rings (SSSR count). The van der Waals surface area contributed by atoms with Crippen LogP contribution >= 0.6 is 19.4 Å². The molecule has 1 saturated carbocycles. The van der Waals surface area contributed by atoms with Crippen LogP contribution in [0.1, 0.15) is 122 Å². The van der Waals surface area contributed by atoms with Crippen LogP contribution in [0.15, 0.2) is 168 Å². The molecule has 1 aliphatic rings. The third kappa shape index (κ3) is 23.6. The molecule has 0 bridgehead atoms. The number of nitrogens with one attached hydrogen (secondary N) is 2. The van der Waals surface area contributed by atoms with E-state index in [1.54, 1.807) is 48.5 Å². The van der Waals surface area contributed by atoms with Gasteiger partial charge < -0.3 is 35.8 Å². The number of hydrogen-bond donors (Lipinski definition) is 0. The van der Waals surface area contributed by atoms with Crippen LogP contribution in [-0.2, 0) is 54.7 Å². The fourth-order valence-electron chi connectivity index (χ4n) is 6.82. The Labute approximate surface area is 452 Å². The van der Waals surface area contributed by atoms with Crippen LogP contribution < -0.4 is 0 Å². The molecule has 1 aliphatic carbocycles. The first-order valence-electron chi connectivity index (χ1n) is 22.4. The second-order valence-electron chi connectivity index (χ2n) is 17.1. The Kier molecular flexibility index (Phi) is 33.5. The molecule has 0 unspecified atom stereocenters. The number of benzene rings is 6. The summed E-state index contributed by atoms with van der Waals surface area (Å²) in [4.78, 5) is 0.371. The molecular formula is C56H72Cl2N4O4Ru2S2. The van der Waals surface area contributed by atoms with Gasteiger partial charge in [-0.25, -0.2) is 16.8 Å². The van der Waals surface area contributed by atoms with E-state index in [9.17, 15) is 16.8 Å². The van der Waals surface area contributed by atoms with Crippen LogP contribution in [0.2, 0.25) is 0 Å². The van der Waals surface area contributed by atoms with E-state index in [-0.39, 0.29) is 36.7 Å². The Balaban J connectivity index is 0.000000942. The summed E-state index contributed by atoms with van der Waals surface area (Å²) in [6.45, 7) is 16.9. The molecule has 0 aliphatic heterocycles. The van der Waals surface area contributed by atoms with Crippen molar-refractivity contribution >= 4 is 39.4 Å². The number of sulfonamides is 2. The number of halogens is 2. The van der Waals surface area contributed by atoms with Crippen molar-refractivity contribution in [2.75, 3.05) is 0 Å². The van der Waals surface area contributed by atoms with Crippen molar-refractivity contribution in [1.82, 2.24) is 0 Å². The van der Waals surface area contributed by atoms with E-state index in [1.807, 2.05) is 109 Å². The van der Waals surface area contributed by atoms with Gasteiger partial charge in [0.1, 0.15) is 20.0 Å². The molecule has 1 fully saturated rings. The molecule has 0 aromatic heterocycles. The molecule has 0 heterocycles. The minimum atomic E-state index is -3.87. The van der Waals surface area contributed by atoms with E-state index in [2.05, 4.69) is 119 Å². The number of aryl methyl sites for hydroxylation is 4. The van der Waals surface area contributed by atoms with E-state index in [4.69, 9.17) is 11.5 Å². The van der Waals surface area contributed by atoms with E-state index < -0.39 is 32.1 Å². The first kappa shape index (κ1) is 66.9. The first-order valence-corrected chi connectivity index (χ1v) is 29.7. The van der Waals surface area contributed by atoms with E-state index in [1.165, 1.54) is 22.3 Å². The SMILES string of the molecule is Cc1ccc(C(C)C)cc1.Cc1ccc(C(C)C)cc1.Cc1ccc(S(=O)(=O)[N-][C@@H]2CCCC[C@H]2[NH-])cc1.Cc1ccc(S(=O)(=O)[N-][C@H](c2ccccc2)[C@H]([NH-])c2ccccc2)cc1.[CH3-].[CH3-].[Cl][Ru+3].[Cl][Ru+3]. The van der Waals surface area contributed by atoms with E-state index in [0.717, 1.165) is 36.0 Å². The number of rotatable bonds is 11. The quantitative estimate of drug-likeness (QED) is 0.0939. The van der Waals surface area contributed by atoms with Gasteiger partial charge in [-0.2, -0.15) is 6.04 Å². The molecule has 70 heavy (non-hydrogen) atoms. The zero-order valence-corrected chi connectivity index (χ0v) is 48.7. The molecule has 0 radical (unpaired) electrons. The first-order chi connectivity index (χ1) is 32.4. The molecular weight excluding hydrogens is 1130 g/mol. The van der Waals surface area contributed by atoms with Crippen molar-refractivity contribution in [3.05, 3.63) is 238 Å². The van der Waals surface area contributed by atoms with E-state index in [0.29, 0.717) is 23.8 Å². The molecule has 8 nitrogen and oxygen atoms in total. The third-order valence-electron chi connectivity index (χ3n) is 11.0. The van der Waals surface area contributed by atoms with Crippen molar-refractivity contribution in [2.45, 2.75) is 127 Å². The van der Waals surface area contributed by atoms with Crippen molar-refractivity contribution in [3.63, 3.8) is 0 Å². The van der Waals surface area contributed by atoms with Gasteiger partial charge in [0.05, 0.1) is 0 Å². The second kappa shape index (κ2) is 35.1. The molecule has 0 saturated heterocycles. The van der Waals surface area contributed by atoms with Gasteiger partial charge in [-0.05, 0) is 74.9 Å². The summed E-state index contributed by atoms with van der Waals surface area (Å²) in [5, 5.41) is 0. The van der Waals surface area contributed by atoms with Crippen LogP contribution in [0.5, 0.6) is 0 Å². The molecule has 2 N–H and O–H groups in total. The van der Waals surface area contributed by atoms with Gasteiger partial charge >= 0.3 is 54.0 Å². The molecule has 382 valence electrons. The molecule has 6 aromatic carbocycles. The van der Waals surface area contributed by atoms with Crippen LogP contribution in [0.4, 0.5) is 0 Å². The van der Waals surface area contributed by atoms with Gasteiger partial charge in [-0.15, -0.1) is 18.1 Å². The van der Waals surface area contributed by atoms with E-state index >= 15 is 0 Å². The standard InChI is InChI=1S/C21H20N2O2S.C13H18N2O2S.2C10H14.2CH3.2ClH.2Ru/c1-16-12-14-19(15-13-16)26(24,25)23-21(18-10-6-3-7-11-18)20(22)17-8-4-2-5-9-17;1-10-6-8-11(9-7-10)18(16,17)15-13-5-3-2-4-12(13)14;2*1-8(2)10-6-4-9(3)5-7-10;;;;;;/h2-15,20-22H,1H3;6-9,12-14H,2-5H2,1H3;2*4-8H,1-3H3;2*1H3;2*1H;;/q2*-2;;;2*-1;;;2*+4/p-2/t20-,21-;12-,13-;;;;;;;;/m11......../s1. The third-order valence-corrected chi connectivity index (χ3v) is 13.8. The summed E-state index contributed by atoms with van der Waals surface area (Å²) in [7, 11) is 1.66. The average Bonchev–Trinajstić information content (AvgIpc) is 3.34. The predicted molar refractivity (Wildman–Crippen MR) is 292 cm³/mol. The molecule has 0 spiro atoms. The molecule has 0 amide bonds. The van der Waals surface area contributed by atoms with Gasteiger partial charge in [0.25, 0.3) is 0 Å². The normalized spacial score (nSPS) is 14.7. The number of nitrogens with zero attached hydrogens (tertiary/aromatic N) is 2. The summed E-state index contributed by atoms with van der Waals surface area (Å²) < 4.78 is 57.9. The summed E-state index contributed by atoms with van der Waals surface area (Å²) >= 11 is 3.64. The minimum absolute atomic E-state index is 0. The Bertz CT molecular complexity index is 2460. The summed E-state index contributed by atoms with van der Waals surface area (Å²) in [5.74, 6) is 1.31. The zero-order valence-electron chi connectivity index (χ0n) is 42.1. The fraction of sp³-hybridized carbons (Fsp3) is 0.321. The molecule has 14 heteroatoms. The van der Waals surface area contributed by atoms with Crippen LogP contribution in [0.3, 0.4) is 0 Å². The predicted octanol–water partition coefficient (Wildman–Crippen LogP) is 17.5. The van der Waals surface area contributed by atoms with Crippen molar-refractivity contribution in [1.29, 1.82) is 0 Å². The van der Waals surface area contributed by atoms with Crippen LogP contribution in [0, 0.1) is 42.5 Å². The molecule has 4 atom stereocenters. The Morgan fingerprint density at radius 2 is 0.814 bits per heavy atom. The second-order valence-corrected chi connectivity index (χ2v) is 20.4. The summed E-state index contributed by atoms with van der Waals surface area (Å²) in [6.07, 6.45) is 3.43. The zero-order chi connectivity index (χ0) is 50.9. The Morgan fingerprint density at radius 3 is 1.17 bits per heavy atom. The monoisotopic (exact) mass is 1200 g/mol. The maximum atomic E-state index is 12.8. The van der Waals surface area contributed by atoms with Gasteiger partial charge in [-0.1, -0.05) is 220 Å². The summed E-state index contributed by atoms with van der Waals surface area (Å²) in [5.41, 5.74) is 25.4. The summed E-state index contributed by atoms with van der Waals surface area (Å²) in [6, 6.07) is 46.7. The average molecular weight is 1200 g/mol.